The Morgan fingerprint density at radius 2 is 1.81 bits per heavy atom. The number of likely N-dealkylation sites (tertiary alicyclic amines) is 1. The molecule has 36 heavy (non-hydrogen) atoms. The van der Waals surface area contributed by atoms with Crippen LogP contribution in [0.2, 0.25) is 10.0 Å². The van der Waals surface area contributed by atoms with E-state index in [0.717, 1.165) is 24.0 Å². The van der Waals surface area contributed by atoms with E-state index >= 15 is 0 Å². The number of carboxylic acids is 1. The Balaban J connectivity index is 1.93. The second kappa shape index (κ2) is 10.3. The van der Waals surface area contributed by atoms with E-state index in [0.29, 0.717) is 10.0 Å². The molecule has 0 unspecified atom stereocenters. The maximum atomic E-state index is 14.2. The Morgan fingerprint density at radius 1 is 1.14 bits per heavy atom. The summed E-state index contributed by atoms with van der Waals surface area (Å²) in [5, 5.41) is 10.8. The Morgan fingerprint density at radius 3 is 2.36 bits per heavy atom. The van der Waals surface area contributed by atoms with Crippen molar-refractivity contribution in [1.82, 2.24) is 9.62 Å². The van der Waals surface area contributed by atoms with Crippen molar-refractivity contribution in [3.63, 3.8) is 0 Å². The standard InChI is InChI=1S/C26H30Cl2N2O5S/c1-26(14-23(31)32)13-21(18-4-3-5-20(28)12-18)24(17-8-10-19(27)11-9-17)30(25(26)33)22(16-6-7-16)15-36(34,35)29-2/h3-5,8-12,16,21-22,24,29H,6-7,13-15H2,1-2H3,(H,31,32)/t21-,22-,24-,26+/m1/s1. The van der Waals surface area contributed by atoms with Crippen LogP contribution in [0.3, 0.4) is 0 Å². The van der Waals surface area contributed by atoms with Crippen molar-refractivity contribution in [2.24, 2.45) is 11.3 Å². The quantitative estimate of drug-likeness (QED) is 0.462. The molecule has 0 radical (unpaired) electrons. The van der Waals surface area contributed by atoms with Gasteiger partial charge in [0, 0.05) is 16.0 Å². The number of carbonyl (C=O) groups is 2. The van der Waals surface area contributed by atoms with Crippen LogP contribution in [-0.2, 0) is 19.6 Å². The van der Waals surface area contributed by atoms with Crippen molar-refractivity contribution in [2.45, 2.75) is 50.6 Å². The number of sulfonamides is 1. The molecule has 2 aromatic carbocycles. The van der Waals surface area contributed by atoms with Gasteiger partial charge in [-0.3, -0.25) is 9.59 Å². The van der Waals surface area contributed by atoms with Gasteiger partial charge in [-0.1, -0.05) is 54.4 Å². The Kier molecular flexibility index (Phi) is 7.72. The fourth-order valence-corrected chi connectivity index (χ4v) is 6.85. The van der Waals surface area contributed by atoms with Gasteiger partial charge in [-0.05, 0) is 67.6 Å². The molecule has 2 aromatic rings. The molecule has 1 heterocycles. The van der Waals surface area contributed by atoms with E-state index in [4.69, 9.17) is 23.2 Å². The SMILES string of the molecule is CNS(=O)(=O)C[C@H](C1CC1)N1C(=O)[C@](C)(CC(=O)O)C[C@H](c2cccc(Cl)c2)[C@H]1c1ccc(Cl)cc1. The van der Waals surface area contributed by atoms with Gasteiger partial charge < -0.3 is 10.0 Å². The summed E-state index contributed by atoms with van der Waals surface area (Å²) in [4.78, 5) is 27.8. The number of amides is 1. The number of nitrogens with zero attached hydrogens (tertiary/aromatic N) is 1. The average molecular weight is 554 g/mol. The van der Waals surface area contributed by atoms with Crippen molar-refractivity contribution in [3.8, 4) is 0 Å². The summed E-state index contributed by atoms with van der Waals surface area (Å²) >= 11 is 12.5. The molecule has 1 aliphatic heterocycles. The summed E-state index contributed by atoms with van der Waals surface area (Å²) in [5.74, 6) is -1.97. The average Bonchev–Trinajstić information content (AvgIpc) is 3.65. The first-order valence-electron chi connectivity index (χ1n) is 11.9. The monoisotopic (exact) mass is 552 g/mol. The summed E-state index contributed by atoms with van der Waals surface area (Å²) in [7, 11) is -2.30. The molecule has 0 aromatic heterocycles. The summed E-state index contributed by atoms with van der Waals surface area (Å²) in [6, 6.07) is 13.4. The summed E-state index contributed by atoms with van der Waals surface area (Å²) < 4.78 is 27.9. The molecule has 1 amide bonds. The van der Waals surface area contributed by atoms with Crippen LogP contribution in [0.25, 0.3) is 0 Å². The molecule has 194 valence electrons. The Labute approximate surface area is 221 Å². The zero-order chi connectivity index (χ0) is 26.3. The molecule has 2 aliphatic rings. The second-order valence-corrected chi connectivity index (χ2v) is 12.9. The molecular weight excluding hydrogens is 523 g/mol. The highest BCUT2D eigenvalue weighted by atomic mass is 35.5. The van der Waals surface area contributed by atoms with Gasteiger partial charge in [-0.2, -0.15) is 0 Å². The van der Waals surface area contributed by atoms with Crippen LogP contribution >= 0.6 is 23.2 Å². The minimum atomic E-state index is -3.66. The summed E-state index contributed by atoms with van der Waals surface area (Å²) in [5.41, 5.74) is 0.448. The molecule has 10 heteroatoms. The fraction of sp³-hybridized carbons (Fsp3) is 0.462. The van der Waals surface area contributed by atoms with Crippen molar-refractivity contribution in [3.05, 3.63) is 69.7 Å². The van der Waals surface area contributed by atoms with Gasteiger partial charge >= 0.3 is 5.97 Å². The van der Waals surface area contributed by atoms with Crippen LogP contribution < -0.4 is 4.72 Å². The van der Waals surface area contributed by atoms with Crippen LogP contribution in [0.15, 0.2) is 48.5 Å². The number of halogens is 2. The molecule has 0 spiro atoms. The first-order valence-corrected chi connectivity index (χ1v) is 14.3. The third kappa shape index (κ3) is 5.72. The second-order valence-electron chi connectivity index (χ2n) is 10.1. The highest BCUT2D eigenvalue weighted by Crippen LogP contribution is 2.54. The van der Waals surface area contributed by atoms with Gasteiger partial charge in [0.25, 0.3) is 0 Å². The van der Waals surface area contributed by atoms with Gasteiger partial charge in [0.1, 0.15) is 0 Å². The lowest BCUT2D eigenvalue weighted by Crippen LogP contribution is -2.58. The largest absolute Gasteiger partial charge is 0.481 e. The van der Waals surface area contributed by atoms with E-state index in [-0.39, 0.29) is 36.3 Å². The van der Waals surface area contributed by atoms with Gasteiger partial charge in [-0.25, -0.2) is 13.1 Å². The van der Waals surface area contributed by atoms with Crippen LogP contribution in [0.1, 0.15) is 55.7 Å². The lowest BCUT2D eigenvalue weighted by Gasteiger charge is -2.52. The first-order chi connectivity index (χ1) is 16.9. The number of carbonyl (C=O) groups excluding carboxylic acids is 1. The van der Waals surface area contributed by atoms with Gasteiger partial charge in [0.15, 0.2) is 0 Å². The van der Waals surface area contributed by atoms with E-state index in [1.54, 1.807) is 30.0 Å². The van der Waals surface area contributed by atoms with Gasteiger partial charge in [-0.15, -0.1) is 0 Å². The molecule has 2 N–H and O–H groups in total. The van der Waals surface area contributed by atoms with Crippen LogP contribution in [0.4, 0.5) is 0 Å². The topological polar surface area (TPSA) is 104 Å². The van der Waals surface area contributed by atoms with Gasteiger partial charge in [0.05, 0.1) is 29.7 Å². The molecule has 1 aliphatic carbocycles. The zero-order valence-electron chi connectivity index (χ0n) is 20.2. The lowest BCUT2D eigenvalue weighted by atomic mass is 9.67. The van der Waals surface area contributed by atoms with Crippen molar-refractivity contribution in [2.75, 3.05) is 12.8 Å². The molecule has 4 atom stereocenters. The van der Waals surface area contributed by atoms with Crippen LogP contribution in [0, 0.1) is 11.3 Å². The van der Waals surface area contributed by atoms with Gasteiger partial charge in [0.2, 0.25) is 15.9 Å². The van der Waals surface area contributed by atoms with Crippen molar-refractivity contribution >= 4 is 45.1 Å². The number of aliphatic carboxylic acids is 1. The number of nitrogens with one attached hydrogen (secondary N) is 1. The highest BCUT2D eigenvalue weighted by Gasteiger charge is 2.55. The minimum Gasteiger partial charge on any atom is -0.481 e. The third-order valence-corrected chi connectivity index (χ3v) is 9.25. The first kappa shape index (κ1) is 26.9. The van der Waals surface area contributed by atoms with E-state index in [1.807, 2.05) is 30.3 Å². The zero-order valence-corrected chi connectivity index (χ0v) is 22.5. The number of piperidine rings is 1. The fourth-order valence-electron chi connectivity index (χ4n) is 5.48. The van der Waals surface area contributed by atoms with E-state index in [2.05, 4.69) is 4.72 Å². The predicted molar refractivity (Wildman–Crippen MR) is 140 cm³/mol. The third-order valence-electron chi connectivity index (χ3n) is 7.36. The predicted octanol–water partition coefficient (Wildman–Crippen LogP) is 4.86. The van der Waals surface area contributed by atoms with Crippen LogP contribution in [0.5, 0.6) is 0 Å². The molecule has 1 saturated heterocycles. The van der Waals surface area contributed by atoms with E-state index in [9.17, 15) is 23.1 Å². The number of hydrogen-bond donors (Lipinski definition) is 2. The van der Waals surface area contributed by atoms with Crippen molar-refractivity contribution < 1.29 is 23.1 Å². The summed E-state index contributed by atoms with van der Waals surface area (Å²) in [6.45, 7) is 1.67. The lowest BCUT2D eigenvalue weighted by molar-refractivity contribution is -0.160. The summed E-state index contributed by atoms with van der Waals surface area (Å²) in [6.07, 6.45) is 1.53. The molecule has 0 bridgehead atoms. The molecule has 7 nitrogen and oxygen atoms in total. The molecular formula is C26H30Cl2N2O5S. The highest BCUT2D eigenvalue weighted by molar-refractivity contribution is 7.89. The molecule has 4 rings (SSSR count). The maximum absolute atomic E-state index is 14.2. The molecule has 2 fully saturated rings. The number of hydrogen-bond acceptors (Lipinski definition) is 4. The van der Waals surface area contributed by atoms with Crippen LogP contribution in [-0.4, -0.2) is 49.1 Å². The Hall–Kier alpha value is -2.13. The van der Waals surface area contributed by atoms with E-state index < -0.39 is 33.5 Å². The van der Waals surface area contributed by atoms with Crippen molar-refractivity contribution in [1.29, 1.82) is 0 Å². The smallest absolute Gasteiger partial charge is 0.304 e. The minimum absolute atomic E-state index is 0.0130. The van der Waals surface area contributed by atoms with E-state index in [1.165, 1.54) is 7.05 Å². The Bertz CT molecular complexity index is 1250. The normalized spacial score (nSPS) is 25.6. The number of rotatable bonds is 9. The number of carboxylic acid groups (broad SMARTS) is 1. The number of benzene rings is 2. The maximum Gasteiger partial charge on any atom is 0.304 e. The molecule has 1 saturated carbocycles.